The summed E-state index contributed by atoms with van der Waals surface area (Å²) < 4.78 is 241. The number of nitrogens with zero attached hydrogens (tertiary/aromatic N) is 1. The number of rotatable bonds is 14. The Bertz CT molecular complexity index is 2330. The SMILES string of the molecule is O=C(OC(F)C(F)(F)C(F)(F)C(F)(F)C(F)(F)C(F)(F)C(F)(F)C(F)C(F)C(F)F)c1cccc(N2c3ccc(-c4ccccc4)cc3Sc3cc(-c4ccccc4)ccc32)c1. The molecule has 1 heterocycles. The molecule has 1 aliphatic rings. The second-order valence-electron chi connectivity index (χ2n) is 13.5. The number of anilines is 3. The number of benzene rings is 5. The van der Waals surface area contributed by atoms with Crippen LogP contribution in [-0.4, -0.2) is 66.6 Å². The molecule has 0 aliphatic carbocycles. The molecule has 5 aromatic carbocycles. The predicted molar refractivity (Wildman–Crippen MR) is 192 cm³/mol. The lowest BCUT2D eigenvalue weighted by atomic mass is 9.89. The van der Waals surface area contributed by atoms with Gasteiger partial charge in [0.1, 0.15) is 0 Å². The highest BCUT2D eigenvalue weighted by atomic mass is 32.2. The van der Waals surface area contributed by atoms with Crippen LogP contribution in [0.4, 0.5) is 91.7 Å². The fourth-order valence-electron chi connectivity index (χ4n) is 6.17. The Hall–Kier alpha value is -5.47. The molecule has 0 saturated heterocycles. The first-order valence-corrected chi connectivity index (χ1v) is 18.3. The number of hydrogen-bond donors (Lipinski definition) is 0. The molecular weight excluding hydrogens is 893 g/mol. The Morgan fingerprint density at radius 1 is 0.500 bits per heavy atom. The summed E-state index contributed by atoms with van der Waals surface area (Å²) in [5.74, 6) is -51.2. The van der Waals surface area contributed by atoms with E-state index in [1.165, 1.54) is 22.7 Å². The van der Waals surface area contributed by atoms with E-state index in [0.717, 1.165) is 40.5 Å². The molecule has 0 saturated carbocycles. The fraction of sp³-hybridized carbons (Fsp3) is 0.244. The highest BCUT2D eigenvalue weighted by Crippen LogP contribution is 2.62. The molecule has 330 valence electrons. The Morgan fingerprint density at radius 3 is 1.40 bits per heavy atom. The fourth-order valence-corrected chi connectivity index (χ4v) is 7.31. The van der Waals surface area contributed by atoms with E-state index in [1.807, 2.05) is 36.4 Å². The van der Waals surface area contributed by atoms with Crippen LogP contribution < -0.4 is 4.90 Å². The lowest BCUT2D eigenvalue weighted by Gasteiger charge is -2.42. The van der Waals surface area contributed by atoms with E-state index >= 15 is 0 Å². The highest BCUT2D eigenvalue weighted by molar-refractivity contribution is 7.99. The first-order chi connectivity index (χ1) is 28.8. The van der Waals surface area contributed by atoms with E-state index in [9.17, 15) is 79.4 Å². The molecule has 0 amide bonds. The van der Waals surface area contributed by atoms with Crippen molar-refractivity contribution in [1.82, 2.24) is 0 Å². The first kappa shape index (κ1) is 46.0. The summed E-state index contributed by atoms with van der Waals surface area (Å²) in [5, 5.41) is 0. The number of ether oxygens (including phenoxy) is 1. The zero-order valence-electron chi connectivity index (χ0n) is 30.5. The summed E-state index contributed by atoms with van der Waals surface area (Å²) in [6.07, 6.45) is -21.3. The van der Waals surface area contributed by atoms with Crippen molar-refractivity contribution in [2.75, 3.05) is 4.90 Å². The zero-order valence-corrected chi connectivity index (χ0v) is 31.3. The van der Waals surface area contributed by atoms with Gasteiger partial charge in [-0.15, -0.1) is 0 Å². The van der Waals surface area contributed by atoms with Gasteiger partial charge in [-0.1, -0.05) is 90.6 Å². The Labute approximate surface area is 343 Å². The number of hydrogen-bond acceptors (Lipinski definition) is 4. The molecule has 0 fully saturated rings. The maximum Gasteiger partial charge on any atom is 0.385 e. The summed E-state index contributed by atoms with van der Waals surface area (Å²) in [6, 6.07) is 32.5. The van der Waals surface area contributed by atoms with Gasteiger partial charge in [0.25, 0.3) is 6.43 Å². The average Bonchev–Trinajstić information content (AvgIpc) is 3.24. The smallest absolute Gasteiger partial charge is 0.385 e. The highest BCUT2D eigenvalue weighted by Gasteiger charge is 2.92. The van der Waals surface area contributed by atoms with Crippen molar-refractivity contribution in [1.29, 1.82) is 0 Å². The Balaban J connectivity index is 1.32. The lowest BCUT2D eigenvalue weighted by molar-refractivity contribution is -0.439. The molecule has 3 atom stereocenters. The molecular formula is C41H24F17NO2S. The Kier molecular flexibility index (Phi) is 12.1. The summed E-state index contributed by atoms with van der Waals surface area (Å²) >= 11 is 1.33. The van der Waals surface area contributed by atoms with Crippen molar-refractivity contribution in [3.8, 4) is 22.3 Å². The van der Waals surface area contributed by atoms with Gasteiger partial charge in [0.2, 0.25) is 6.17 Å². The normalized spacial score (nSPS) is 15.4. The molecule has 62 heavy (non-hydrogen) atoms. The lowest BCUT2D eigenvalue weighted by Crippen LogP contribution is -2.73. The third-order valence-electron chi connectivity index (χ3n) is 9.56. The van der Waals surface area contributed by atoms with Crippen LogP contribution in [-0.2, 0) is 4.74 Å². The maximum atomic E-state index is 14.8. The Morgan fingerprint density at radius 2 is 0.952 bits per heavy atom. The van der Waals surface area contributed by atoms with Crippen LogP contribution in [0.25, 0.3) is 22.3 Å². The van der Waals surface area contributed by atoms with E-state index in [1.54, 1.807) is 60.7 Å². The summed E-state index contributed by atoms with van der Waals surface area (Å²) in [4.78, 5) is 15.7. The van der Waals surface area contributed by atoms with E-state index in [2.05, 4.69) is 4.74 Å². The quantitative estimate of drug-likeness (QED) is 0.0804. The molecule has 1 aliphatic heterocycles. The third kappa shape index (κ3) is 7.58. The van der Waals surface area contributed by atoms with E-state index < -0.39 is 72.2 Å². The molecule has 5 aromatic rings. The second kappa shape index (κ2) is 16.3. The molecule has 0 radical (unpaired) electrons. The standard InChI is InChI=1S/C41H24F17NO2S/c42-31(33(44)45)32(43)36(47,48)38(51,52)40(55,56)41(57,58)39(53,54)37(49,50)35(46)61-34(60)25-12-7-13-26(18-25)59-27-16-14-23(21-8-3-1-4-9-21)19-29(27)62-30-20-24(15-17-28(30)59)22-10-5-2-6-11-22/h1-20,31-33,35H. The van der Waals surface area contributed by atoms with Gasteiger partial charge in [-0.05, 0) is 64.7 Å². The molecule has 21 heteroatoms. The predicted octanol–water partition coefficient (Wildman–Crippen LogP) is 14.2. The minimum Gasteiger partial charge on any atom is -0.420 e. The zero-order chi connectivity index (χ0) is 45.8. The van der Waals surface area contributed by atoms with Crippen molar-refractivity contribution >= 4 is 34.8 Å². The largest absolute Gasteiger partial charge is 0.420 e. The molecule has 0 N–H and O–H groups in total. The van der Waals surface area contributed by atoms with Crippen molar-refractivity contribution in [2.24, 2.45) is 0 Å². The third-order valence-corrected chi connectivity index (χ3v) is 10.7. The van der Waals surface area contributed by atoms with Crippen LogP contribution in [0.1, 0.15) is 10.4 Å². The van der Waals surface area contributed by atoms with Crippen LogP contribution in [0.5, 0.6) is 0 Å². The second-order valence-corrected chi connectivity index (χ2v) is 14.6. The minimum atomic E-state index is -8.57. The topological polar surface area (TPSA) is 29.5 Å². The number of esters is 1. The monoisotopic (exact) mass is 917 g/mol. The van der Waals surface area contributed by atoms with Crippen LogP contribution in [0.3, 0.4) is 0 Å². The van der Waals surface area contributed by atoms with E-state index in [-0.39, 0.29) is 5.69 Å². The van der Waals surface area contributed by atoms with Gasteiger partial charge in [-0.3, -0.25) is 0 Å². The molecule has 6 rings (SSSR count). The van der Waals surface area contributed by atoms with Crippen molar-refractivity contribution in [3.05, 3.63) is 127 Å². The first-order valence-electron chi connectivity index (χ1n) is 17.4. The number of alkyl halides is 17. The van der Waals surface area contributed by atoms with E-state index in [0.29, 0.717) is 21.2 Å². The molecule has 0 bridgehead atoms. The maximum absolute atomic E-state index is 14.8. The van der Waals surface area contributed by atoms with Crippen LogP contribution in [0.2, 0.25) is 0 Å². The molecule has 3 nitrogen and oxygen atoms in total. The van der Waals surface area contributed by atoms with Crippen molar-refractivity contribution in [2.45, 2.75) is 70.5 Å². The van der Waals surface area contributed by atoms with E-state index in [4.69, 9.17) is 0 Å². The summed E-state index contributed by atoms with van der Waals surface area (Å²) in [5.41, 5.74) is 3.06. The summed E-state index contributed by atoms with van der Waals surface area (Å²) in [6.45, 7) is 0. The summed E-state index contributed by atoms with van der Waals surface area (Å²) in [7, 11) is 0. The van der Waals surface area contributed by atoms with Crippen LogP contribution in [0.15, 0.2) is 131 Å². The average molecular weight is 918 g/mol. The number of fused-ring (bicyclic) bond motifs is 2. The van der Waals surface area contributed by atoms with Gasteiger partial charge < -0.3 is 9.64 Å². The van der Waals surface area contributed by atoms with Crippen LogP contribution >= 0.6 is 11.8 Å². The van der Waals surface area contributed by atoms with Crippen LogP contribution in [0, 0.1) is 0 Å². The molecule has 3 unspecified atom stereocenters. The van der Waals surface area contributed by atoms with Crippen molar-refractivity contribution < 1.29 is 84.2 Å². The minimum absolute atomic E-state index is 0.0162. The van der Waals surface area contributed by atoms with Gasteiger partial charge in [0.05, 0.1) is 16.9 Å². The number of carbonyl (C=O) groups is 1. The van der Waals surface area contributed by atoms with Gasteiger partial charge in [0.15, 0.2) is 6.17 Å². The van der Waals surface area contributed by atoms with Gasteiger partial charge in [0, 0.05) is 15.5 Å². The number of carbonyl (C=O) groups excluding carboxylic acids is 1. The van der Waals surface area contributed by atoms with Gasteiger partial charge >= 0.3 is 47.9 Å². The number of halogens is 17. The van der Waals surface area contributed by atoms with Gasteiger partial charge in [-0.2, -0.15) is 57.1 Å². The molecule has 0 spiro atoms. The molecule has 0 aromatic heterocycles. The van der Waals surface area contributed by atoms with Gasteiger partial charge in [-0.25, -0.2) is 22.4 Å². The van der Waals surface area contributed by atoms with Crippen molar-refractivity contribution in [3.63, 3.8) is 0 Å².